The third-order valence-corrected chi connectivity index (χ3v) is 8.88. The first-order chi connectivity index (χ1) is 17.0. The number of hydrogen-bond acceptors (Lipinski definition) is 9. The summed E-state index contributed by atoms with van der Waals surface area (Å²) in [5, 5.41) is 15.7. The van der Waals surface area contributed by atoms with Gasteiger partial charge in [-0.2, -0.15) is 0 Å². The highest BCUT2D eigenvalue weighted by Crippen LogP contribution is 2.51. The van der Waals surface area contributed by atoms with Crippen molar-refractivity contribution in [2.75, 3.05) is 26.2 Å². The Morgan fingerprint density at radius 3 is 2.67 bits per heavy atom. The van der Waals surface area contributed by atoms with Crippen LogP contribution in [0.3, 0.4) is 0 Å². The molecule has 0 aromatic heterocycles. The molecule has 198 valence electrons. The zero-order valence-corrected chi connectivity index (χ0v) is 21.4. The topological polar surface area (TPSA) is 171 Å². The van der Waals surface area contributed by atoms with Gasteiger partial charge in [0.1, 0.15) is 5.70 Å². The lowest BCUT2D eigenvalue weighted by molar-refractivity contribution is -0.160. The van der Waals surface area contributed by atoms with Crippen molar-refractivity contribution >= 4 is 41.4 Å². The predicted octanol–water partition coefficient (Wildman–Crippen LogP) is -1.15. The summed E-state index contributed by atoms with van der Waals surface area (Å²) in [5.74, 6) is -4.48. The van der Waals surface area contributed by atoms with E-state index in [0.717, 1.165) is 6.42 Å². The molecule has 0 spiro atoms. The van der Waals surface area contributed by atoms with E-state index in [1.54, 1.807) is 18.7 Å². The lowest BCUT2D eigenvalue weighted by Crippen LogP contribution is -2.66. The van der Waals surface area contributed by atoms with Crippen molar-refractivity contribution in [2.24, 2.45) is 17.6 Å². The second-order valence-electron chi connectivity index (χ2n) is 9.78. The number of carbonyl (C=O) groups excluding carboxylic acids is 4. The maximum Gasteiger partial charge on any atom is 0.396 e. The van der Waals surface area contributed by atoms with Crippen LogP contribution < -0.4 is 16.4 Å². The molecule has 36 heavy (non-hydrogen) atoms. The van der Waals surface area contributed by atoms with Crippen LogP contribution in [0.5, 0.6) is 0 Å². The molecule has 13 heteroatoms. The first-order valence-corrected chi connectivity index (χ1v) is 13.2. The highest BCUT2D eigenvalue weighted by atomic mass is 32.2. The largest absolute Gasteiger partial charge is 0.477 e. The molecule has 0 aromatic carbocycles. The van der Waals surface area contributed by atoms with Crippen LogP contribution in [0.1, 0.15) is 33.6 Å². The maximum absolute atomic E-state index is 13.0. The Labute approximate surface area is 213 Å². The summed E-state index contributed by atoms with van der Waals surface area (Å²) in [7, 11) is 0. The number of esters is 1. The van der Waals surface area contributed by atoms with Crippen LogP contribution in [0.15, 0.2) is 10.6 Å². The number of nitrogens with two attached hydrogens (primary N) is 1. The van der Waals surface area contributed by atoms with E-state index in [2.05, 4.69) is 10.6 Å². The number of nitrogens with zero attached hydrogens (tertiary/aromatic N) is 2. The number of β-lactam (4-membered cyclic amide) rings is 1. The van der Waals surface area contributed by atoms with Crippen molar-refractivity contribution in [3.63, 3.8) is 0 Å². The first kappa shape index (κ1) is 26.4. The quantitative estimate of drug-likeness (QED) is 0.181. The lowest BCUT2D eigenvalue weighted by atomic mass is 9.78. The predicted molar refractivity (Wildman–Crippen MR) is 129 cm³/mol. The van der Waals surface area contributed by atoms with Gasteiger partial charge in [0.25, 0.3) is 0 Å². The highest BCUT2D eigenvalue weighted by molar-refractivity contribution is 8.03. The summed E-state index contributed by atoms with van der Waals surface area (Å²) < 4.78 is 4.70. The van der Waals surface area contributed by atoms with E-state index in [-0.39, 0.29) is 41.5 Å². The Hall–Kier alpha value is -2.64. The molecule has 1 unspecified atom stereocenters. The number of rotatable bonds is 7. The monoisotopic (exact) mass is 523 g/mol. The number of likely N-dealkylation sites (tertiary alicyclic amines) is 1. The summed E-state index contributed by atoms with van der Waals surface area (Å²) in [5.41, 5.74) is 5.89. The third-order valence-electron chi connectivity index (χ3n) is 7.37. The van der Waals surface area contributed by atoms with Crippen molar-refractivity contribution in [3.8, 4) is 0 Å². The molecule has 4 heterocycles. The fourth-order valence-electron chi connectivity index (χ4n) is 5.62. The summed E-state index contributed by atoms with van der Waals surface area (Å²) in [6.45, 7) is 6.86. The number of aliphatic carboxylic acids is 1. The molecule has 4 rings (SSSR count). The van der Waals surface area contributed by atoms with Gasteiger partial charge in [0, 0.05) is 47.8 Å². The zero-order valence-electron chi connectivity index (χ0n) is 20.6. The Kier molecular flexibility index (Phi) is 7.62. The number of carbonyl (C=O) groups is 5. The van der Waals surface area contributed by atoms with Gasteiger partial charge < -0.3 is 36.0 Å². The number of carboxylic acids is 1. The third kappa shape index (κ3) is 4.71. The molecular weight excluding hydrogens is 490 g/mol. The van der Waals surface area contributed by atoms with Crippen LogP contribution in [0, 0.1) is 11.8 Å². The number of carboxylic acid groups (broad SMARTS) is 1. The summed E-state index contributed by atoms with van der Waals surface area (Å²) in [4.78, 5) is 65.4. The second kappa shape index (κ2) is 10.4. The van der Waals surface area contributed by atoms with Gasteiger partial charge in [0.15, 0.2) is 0 Å². The van der Waals surface area contributed by atoms with Crippen molar-refractivity contribution in [1.29, 1.82) is 0 Å². The van der Waals surface area contributed by atoms with Crippen LogP contribution in [0.25, 0.3) is 0 Å². The van der Waals surface area contributed by atoms with E-state index in [1.807, 2.05) is 6.92 Å². The van der Waals surface area contributed by atoms with Crippen LogP contribution in [0.4, 0.5) is 0 Å². The number of ether oxygens (including phenoxy) is 1. The average molecular weight is 524 g/mol. The molecule has 0 aliphatic carbocycles. The van der Waals surface area contributed by atoms with Crippen LogP contribution in [-0.4, -0.2) is 100 Å². The number of thioether (sulfide) groups is 1. The van der Waals surface area contributed by atoms with E-state index in [0.29, 0.717) is 31.0 Å². The molecule has 5 N–H and O–H groups in total. The van der Waals surface area contributed by atoms with Crippen molar-refractivity contribution in [2.45, 2.75) is 63.0 Å². The first-order valence-electron chi connectivity index (χ1n) is 12.3. The molecule has 3 amide bonds. The number of hydrogen-bond donors (Lipinski definition) is 4. The number of fused-ring (bicyclic) bond motifs is 1. The lowest BCUT2D eigenvalue weighted by Gasteiger charge is -2.47. The summed E-state index contributed by atoms with van der Waals surface area (Å²) in [6, 6.07) is -1.47. The van der Waals surface area contributed by atoms with Gasteiger partial charge in [-0.15, -0.1) is 11.8 Å². The number of amides is 3. The molecule has 3 fully saturated rings. The molecule has 0 aromatic rings. The van der Waals surface area contributed by atoms with Crippen LogP contribution >= 0.6 is 11.8 Å². The van der Waals surface area contributed by atoms with Gasteiger partial charge in [-0.1, -0.05) is 6.92 Å². The molecular formula is C23H33N5O7S. The van der Waals surface area contributed by atoms with Gasteiger partial charge in [-0.3, -0.25) is 14.4 Å². The normalized spacial score (nSPS) is 32.3. The Balaban J connectivity index is 1.42. The van der Waals surface area contributed by atoms with Gasteiger partial charge in [-0.25, -0.2) is 9.59 Å². The minimum absolute atomic E-state index is 0.00242. The second-order valence-corrected chi connectivity index (χ2v) is 11.1. The van der Waals surface area contributed by atoms with Crippen LogP contribution in [-0.2, 0) is 28.7 Å². The smallest absolute Gasteiger partial charge is 0.396 e. The molecule has 4 aliphatic heterocycles. The van der Waals surface area contributed by atoms with E-state index in [1.165, 1.54) is 16.7 Å². The van der Waals surface area contributed by atoms with E-state index < -0.39 is 41.8 Å². The molecule has 0 saturated carbocycles. The van der Waals surface area contributed by atoms with E-state index in [4.69, 9.17) is 10.5 Å². The molecule has 0 bridgehead atoms. The van der Waals surface area contributed by atoms with Gasteiger partial charge in [-0.05, 0) is 26.7 Å². The molecule has 3 saturated heterocycles. The van der Waals surface area contributed by atoms with Crippen molar-refractivity contribution < 1.29 is 33.8 Å². The van der Waals surface area contributed by atoms with Crippen molar-refractivity contribution in [3.05, 3.63) is 10.6 Å². The fourth-order valence-corrected chi connectivity index (χ4v) is 7.10. The number of nitrogens with one attached hydrogen (secondary N) is 2. The Morgan fingerprint density at radius 2 is 2.06 bits per heavy atom. The maximum atomic E-state index is 13.0. The van der Waals surface area contributed by atoms with Crippen LogP contribution in [0.2, 0.25) is 0 Å². The molecule has 0 radical (unpaired) electrons. The Morgan fingerprint density at radius 1 is 1.33 bits per heavy atom. The van der Waals surface area contributed by atoms with Gasteiger partial charge in [0.2, 0.25) is 11.8 Å². The van der Waals surface area contributed by atoms with E-state index in [9.17, 15) is 29.1 Å². The SMILES string of the molecule is CCOC(=O)C(=O)NC(C)[C@H]1C(=O)N2C(C(=O)O)=C(S[C@@H]3CN[C@H](C(=O)N4CC[C@H](N)C4)C3)[C@H](C)[C@H]12. The zero-order chi connectivity index (χ0) is 26.3. The van der Waals surface area contributed by atoms with Gasteiger partial charge >= 0.3 is 17.8 Å². The highest BCUT2D eigenvalue weighted by Gasteiger charge is 2.60. The minimum atomic E-state index is -1.19. The van der Waals surface area contributed by atoms with E-state index >= 15 is 0 Å². The Bertz CT molecular complexity index is 1000. The minimum Gasteiger partial charge on any atom is -0.477 e. The standard InChI is InChI=1S/C23H33N5O7S/c1-4-35-23(34)19(29)26-11(3)15-16-10(2)18(17(22(32)33)28(16)21(15)31)36-13-7-14(25-8-13)20(30)27-6-5-12(24)9-27/h10-16,25H,4-9,24H2,1-3H3,(H,26,29)(H,32,33)/t10-,11?,12+,13+,14+,15-,16-/m1/s1. The molecule has 7 atom stereocenters. The molecule has 4 aliphatic rings. The summed E-state index contributed by atoms with van der Waals surface area (Å²) >= 11 is 1.40. The summed E-state index contributed by atoms with van der Waals surface area (Å²) in [6.07, 6.45) is 1.33. The molecule has 12 nitrogen and oxygen atoms in total. The average Bonchev–Trinajstić information content (AvgIpc) is 3.52. The van der Waals surface area contributed by atoms with Crippen molar-refractivity contribution in [1.82, 2.24) is 20.4 Å². The fraction of sp³-hybridized carbons (Fsp3) is 0.696. The van der Waals surface area contributed by atoms with Gasteiger partial charge in [0.05, 0.1) is 24.6 Å².